The third-order valence-electron chi connectivity index (χ3n) is 4.64. The fraction of sp³-hybridized carbons (Fsp3) is 0.208. The Kier molecular flexibility index (Phi) is 6.97. The van der Waals surface area contributed by atoms with Crippen LogP contribution < -0.4 is 14.8 Å². The molecule has 3 rings (SSSR count). The highest BCUT2D eigenvalue weighted by Gasteiger charge is 2.12. The molecule has 0 radical (unpaired) electrons. The summed E-state index contributed by atoms with van der Waals surface area (Å²) in [7, 11) is -3.25. The number of hydrogen-bond acceptors (Lipinski definition) is 5. The summed E-state index contributed by atoms with van der Waals surface area (Å²) >= 11 is 0. The summed E-state index contributed by atoms with van der Waals surface area (Å²) in [4.78, 5) is 12.4. The zero-order chi connectivity index (χ0) is 22.4. The Labute approximate surface area is 182 Å². The lowest BCUT2D eigenvalue weighted by molar-refractivity contribution is -0.123. The Balaban J connectivity index is 1.49. The summed E-state index contributed by atoms with van der Waals surface area (Å²) in [5.41, 5.74) is 1.97. The second-order valence-corrected chi connectivity index (χ2v) is 9.32. The average Bonchev–Trinajstić information content (AvgIpc) is 2.74. The maximum absolute atomic E-state index is 12.2. The molecule has 162 valence electrons. The van der Waals surface area contributed by atoms with Crippen molar-refractivity contribution in [2.75, 3.05) is 12.9 Å². The van der Waals surface area contributed by atoms with E-state index in [4.69, 9.17) is 9.47 Å². The number of hydrogen-bond donors (Lipinski definition) is 1. The molecule has 1 N–H and O–H groups in total. The van der Waals surface area contributed by atoms with Gasteiger partial charge in [0, 0.05) is 6.26 Å². The fourth-order valence-corrected chi connectivity index (χ4v) is 3.50. The molecule has 0 aliphatic carbocycles. The number of carbonyl (C=O) groups excluding carboxylic acids is 1. The van der Waals surface area contributed by atoms with Crippen LogP contribution in [0.25, 0.3) is 0 Å². The summed E-state index contributed by atoms with van der Waals surface area (Å²) < 4.78 is 34.4. The van der Waals surface area contributed by atoms with Crippen LogP contribution in [0, 0.1) is 6.92 Å². The SMILES string of the molecule is Cc1ccc(Oc2ccc(OCC(=O)NC(C)c3ccc(S(C)(=O)=O)cc3)cc2)cc1. The largest absolute Gasteiger partial charge is 0.484 e. The number of benzene rings is 3. The third-order valence-corrected chi connectivity index (χ3v) is 5.76. The van der Waals surface area contributed by atoms with E-state index in [0.717, 1.165) is 23.1 Å². The molecule has 0 aliphatic heterocycles. The van der Waals surface area contributed by atoms with E-state index in [1.54, 1.807) is 36.4 Å². The van der Waals surface area contributed by atoms with Crippen molar-refractivity contribution in [2.24, 2.45) is 0 Å². The van der Waals surface area contributed by atoms with Crippen LogP contribution >= 0.6 is 0 Å². The van der Waals surface area contributed by atoms with Crippen molar-refractivity contribution in [3.63, 3.8) is 0 Å². The zero-order valence-corrected chi connectivity index (χ0v) is 18.5. The number of carbonyl (C=O) groups is 1. The molecule has 7 heteroatoms. The van der Waals surface area contributed by atoms with Gasteiger partial charge in [0.15, 0.2) is 16.4 Å². The Morgan fingerprint density at radius 2 is 1.39 bits per heavy atom. The second-order valence-electron chi connectivity index (χ2n) is 7.31. The van der Waals surface area contributed by atoms with Gasteiger partial charge in [-0.25, -0.2) is 8.42 Å². The molecule has 3 aromatic rings. The number of aryl methyl sites for hydroxylation is 1. The molecule has 6 nitrogen and oxygen atoms in total. The van der Waals surface area contributed by atoms with Gasteiger partial charge in [-0.05, 0) is 67.9 Å². The van der Waals surface area contributed by atoms with E-state index >= 15 is 0 Å². The van der Waals surface area contributed by atoms with Gasteiger partial charge in [0.1, 0.15) is 17.2 Å². The van der Waals surface area contributed by atoms with E-state index in [0.29, 0.717) is 11.5 Å². The lowest BCUT2D eigenvalue weighted by Gasteiger charge is -2.15. The molecule has 1 atom stereocenters. The molecule has 0 saturated heterocycles. The van der Waals surface area contributed by atoms with E-state index in [-0.39, 0.29) is 23.5 Å². The van der Waals surface area contributed by atoms with Gasteiger partial charge in [-0.15, -0.1) is 0 Å². The van der Waals surface area contributed by atoms with Crippen LogP contribution in [-0.2, 0) is 14.6 Å². The van der Waals surface area contributed by atoms with Gasteiger partial charge < -0.3 is 14.8 Å². The van der Waals surface area contributed by atoms with Crippen molar-refractivity contribution in [2.45, 2.75) is 24.8 Å². The number of ether oxygens (including phenoxy) is 2. The van der Waals surface area contributed by atoms with Gasteiger partial charge in [-0.3, -0.25) is 4.79 Å². The van der Waals surface area contributed by atoms with E-state index in [9.17, 15) is 13.2 Å². The van der Waals surface area contributed by atoms with Gasteiger partial charge in [0.05, 0.1) is 10.9 Å². The van der Waals surface area contributed by atoms with E-state index in [1.165, 1.54) is 12.1 Å². The summed E-state index contributed by atoms with van der Waals surface area (Å²) in [6.45, 7) is 3.70. The lowest BCUT2D eigenvalue weighted by atomic mass is 10.1. The molecule has 1 unspecified atom stereocenters. The van der Waals surface area contributed by atoms with Crippen molar-refractivity contribution in [1.82, 2.24) is 5.32 Å². The Hall–Kier alpha value is -3.32. The minimum atomic E-state index is -3.25. The zero-order valence-electron chi connectivity index (χ0n) is 17.7. The average molecular weight is 440 g/mol. The first-order valence-corrected chi connectivity index (χ1v) is 11.7. The van der Waals surface area contributed by atoms with Crippen LogP contribution in [0.4, 0.5) is 0 Å². The van der Waals surface area contributed by atoms with Crippen LogP contribution in [0.2, 0.25) is 0 Å². The summed E-state index contributed by atoms with van der Waals surface area (Å²) in [5.74, 6) is 1.69. The maximum Gasteiger partial charge on any atom is 0.258 e. The predicted molar refractivity (Wildman–Crippen MR) is 119 cm³/mol. The van der Waals surface area contributed by atoms with Crippen molar-refractivity contribution in [3.05, 3.63) is 83.9 Å². The molecular weight excluding hydrogens is 414 g/mol. The summed E-state index contributed by atoms with van der Waals surface area (Å²) in [6, 6.07) is 21.0. The molecular formula is C24H25NO5S. The van der Waals surface area contributed by atoms with Crippen LogP contribution in [0.3, 0.4) is 0 Å². The van der Waals surface area contributed by atoms with Crippen molar-refractivity contribution >= 4 is 15.7 Å². The van der Waals surface area contributed by atoms with Crippen LogP contribution in [-0.4, -0.2) is 27.2 Å². The van der Waals surface area contributed by atoms with Crippen molar-refractivity contribution in [3.8, 4) is 17.2 Å². The van der Waals surface area contributed by atoms with Gasteiger partial charge in [0.25, 0.3) is 5.91 Å². The highest BCUT2D eigenvalue weighted by Crippen LogP contribution is 2.24. The Morgan fingerprint density at radius 3 is 1.94 bits per heavy atom. The molecule has 0 fully saturated rings. The topological polar surface area (TPSA) is 81.7 Å². The number of amides is 1. The van der Waals surface area contributed by atoms with E-state index in [1.807, 2.05) is 38.1 Å². The Bertz CT molecular complexity index is 1120. The van der Waals surface area contributed by atoms with Gasteiger partial charge in [0.2, 0.25) is 0 Å². The number of sulfone groups is 1. The predicted octanol–water partition coefficient (Wildman–Crippen LogP) is 4.45. The van der Waals surface area contributed by atoms with Gasteiger partial charge >= 0.3 is 0 Å². The highest BCUT2D eigenvalue weighted by atomic mass is 32.2. The molecule has 0 saturated carbocycles. The summed E-state index contributed by atoms with van der Waals surface area (Å²) in [5, 5.41) is 2.84. The molecule has 0 heterocycles. The van der Waals surface area contributed by atoms with Gasteiger partial charge in [-0.2, -0.15) is 0 Å². The normalized spacial score (nSPS) is 12.1. The first-order chi connectivity index (χ1) is 14.7. The van der Waals surface area contributed by atoms with Crippen molar-refractivity contribution in [1.29, 1.82) is 0 Å². The van der Waals surface area contributed by atoms with Crippen LogP contribution in [0.15, 0.2) is 77.7 Å². The summed E-state index contributed by atoms with van der Waals surface area (Å²) in [6.07, 6.45) is 1.16. The molecule has 3 aromatic carbocycles. The molecule has 0 aromatic heterocycles. The first-order valence-electron chi connectivity index (χ1n) is 9.77. The number of nitrogens with one attached hydrogen (secondary N) is 1. The van der Waals surface area contributed by atoms with E-state index < -0.39 is 9.84 Å². The van der Waals surface area contributed by atoms with E-state index in [2.05, 4.69) is 5.32 Å². The highest BCUT2D eigenvalue weighted by molar-refractivity contribution is 7.90. The smallest absolute Gasteiger partial charge is 0.258 e. The molecule has 0 spiro atoms. The maximum atomic E-state index is 12.2. The minimum Gasteiger partial charge on any atom is -0.484 e. The first kappa shape index (κ1) is 22.4. The van der Waals surface area contributed by atoms with Crippen LogP contribution in [0.1, 0.15) is 24.1 Å². The third kappa shape index (κ3) is 6.58. The lowest BCUT2D eigenvalue weighted by Crippen LogP contribution is -2.31. The van der Waals surface area contributed by atoms with Crippen LogP contribution in [0.5, 0.6) is 17.2 Å². The standard InChI is InChI=1S/C24H25NO5S/c1-17-4-8-21(9-5-17)30-22-12-10-20(11-13-22)29-16-24(26)25-18(2)19-6-14-23(15-7-19)31(3,27)28/h4-15,18H,16H2,1-3H3,(H,25,26). The fourth-order valence-electron chi connectivity index (χ4n) is 2.87. The van der Waals surface area contributed by atoms with Gasteiger partial charge in [-0.1, -0.05) is 29.8 Å². The quantitative estimate of drug-likeness (QED) is 0.561. The Morgan fingerprint density at radius 1 is 0.871 bits per heavy atom. The molecule has 31 heavy (non-hydrogen) atoms. The second kappa shape index (κ2) is 9.66. The molecule has 1 amide bonds. The number of rotatable bonds is 8. The van der Waals surface area contributed by atoms with Crippen molar-refractivity contribution < 1.29 is 22.7 Å². The molecule has 0 bridgehead atoms. The molecule has 0 aliphatic rings. The monoisotopic (exact) mass is 439 g/mol. The minimum absolute atomic E-state index is 0.135.